The Labute approximate surface area is 138 Å². The number of aromatic nitrogens is 2. The highest BCUT2D eigenvalue weighted by atomic mass is 16.4. The molecule has 1 aromatic heterocycles. The van der Waals surface area contributed by atoms with Crippen molar-refractivity contribution in [3.63, 3.8) is 0 Å². The molecular weight excluding hydrogens is 306 g/mol. The Morgan fingerprint density at radius 2 is 1.92 bits per heavy atom. The number of hydrogen-bond donors (Lipinski definition) is 2. The minimum atomic E-state index is -1.10. The first kappa shape index (κ1) is 15.7. The zero-order valence-corrected chi connectivity index (χ0v) is 13.2. The first-order chi connectivity index (χ1) is 11.6. The Balaban J connectivity index is 2.21. The zero-order chi connectivity index (χ0) is 17.1. The monoisotopic (exact) mass is 323 g/mol. The summed E-state index contributed by atoms with van der Waals surface area (Å²) in [5, 5.41) is 11.6. The van der Waals surface area contributed by atoms with E-state index in [-0.39, 0.29) is 12.1 Å². The number of benzene rings is 2. The van der Waals surface area contributed by atoms with E-state index in [1.165, 1.54) is 0 Å². The molecule has 0 atom stereocenters. The van der Waals surface area contributed by atoms with E-state index in [0.717, 1.165) is 5.56 Å². The highest BCUT2D eigenvalue weighted by Crippen LogP contribution is 2.16. The number of aryl methyl sites for hydroxylation is 1. The molecule has 1 amide bonds. The number of hydrogen-bond acceptors (Lipinski definition) is 3. The number of para-hydroxylation sites is 1. The largest absolute Gasteiger partial charge is 0.465 e. The summed E-state index contributed by atoms with van der Waals surface area (Å²) in [4.78, 5) is 28.3. The molecule has 0 aliphatic rings. The Bertz CT molecular complexity index is 949. The summed E-state index contributed by atoms with van der Waals surface area (Å²) >= 11 is 0. The van der Waals surface area contributed by atoms with Gasteiger partial charge in [0.25, 0.3) is 5.56 Å². The summed E-state index contributed by atoms with van der Waals surface area (Å²) in [6.07, 6.45) is -0.777. The van der Waals surface area contributed by atoms with Gasteiger partial charge in [0, 0.05) is 13.0 Å². The quantitative estimate of drug-likeness (QED) is 0.772. The number of nitrogens with zero attached hydrogens (tertiary/aromatic N) is 2. The fraction of sp³-hybridized carbons (Fsp3) is 0.167. The van der Waals surface area contributed by atoms with E-state index in [1.807, 2.05) is 49.4 Å². The fourth-order valence-corrected chi connectivity index (χ4v) is 2.73. The van der Waals surface area contributed by atoms with Crippen LogP contribution in [0.15, 0.2) is 53.3 Å². The molecule has 6 heteroatoms. The molecule has 0 saturated heterocycles. The number of fused-ring (bicyclic) bond motifs is 1. The van der Waals surface area contributed by atoms with Crippen LogP contribution >= 0.6 is 0 Å². The third-order valence-corrected chi connectivity index (χ3v) is 3.81. The van der Waals surface area contributed by atoms with E-state index in [9.17, 15) is 9.59 Å². The summed E-state index contributed by atoms with van der Waals surface area (Å²) in [6.45, 7) is 2.07. The summed E-state index contributed by atoms with van der Waals surface area (Å²) in [5.74, 6) is 0.526. The maximum atomic E-state index is 13.1. The van der Waals surface area contributed by atoms with E-state index in [2.05, 4.69) is 10.3 Å². The molecule has 0 radical (unpaired) electrons. The summed E-state index contributed by atoms with van der Waals surface area (Å²) in [6, 6.07) is 14.8. The molecule has 0 bridgehead atoms. The van der Waals surface area contributed by atoms with Crippen molar-refractivity contribution in [1.82, 2.24) is 14.9 Å². The lowest BCUT2D eigenvalue weighted by atomic mass is 10.1. The highest BCUT2D eigenvalue weighted by Gasteiger charge is 2.14. The van der Waals surface area contributed by atoms with Gasteiger partial charge >= 0.3 is 6.09 Å². The topological polar surface area (TPSA) is 84.2 Å². The SMILES string of the molecule is Cc1cccc2nc(CCNC(=O)O)n(-c3ccccc3)c(=O)c12. The first-order valence-electron chi connectivity index (χ1n) is 7.61. The van der Waals surface area contributed by atoms with Crippen LogP contribution in [0, 0.1) is 6.92 Å². The van der Waals surface area contributed by atoms with Crippen LogP contribution in [0.3, 0.4) is 0 Å². The van der Waals surface area contributed by atoms with Crippen molar-refractivity contribution in [1.29, 1.82) is 0 Å². The van der Waals surface area contributed by atoms with Crippen LogP contribution in [-0.4, -0.2) is 27.3 Å². The molecule has 3 rings (SSSR count). The molecule has 0 saturated carbocycles. The van der Waals surface area contributed by atoms with Gasteiger partial charge < -0.3 is 10.4 Å². The first-order valence-corrected chi connectivity index (χ1v) is 7.61. The molecule has 2 N–H and O–H groups in total. The minimum absolute atomic E-state index is 0.144. The van der Waals surface area contributed by atoms with Crippen LogP contribution < -0.4 is 10.9 Å². The lowest BCUT2D eigenvalue weighted by molar-refractivity contribution is 0.194. The zero-order valence-electron chi connectivity index (χ0n) is 13.2. The van der Waals surface area contributed by atoms with E-state index in [1.54, 1.807) is 10.6 Å². The van der Waals surface area contributed by atoms with Crippen molar-refractivity contribution in [2.24, 2.45) is 0 Å². The third kappa shape index (κ3) is 2.99. The fourth-order valence-electron chi connectivity index (χ4n) is 2.73. The maximum absolute atomic E-state index is 13.1. The van der Waals surface area contributed by atoms with Crippen molar-refractivity contribution in [2.75, 3.05) is 6.54 Å². The van der Waals surface area contributed by atoms with E-state index in [4.69, 9.17) is 5.11 Å². The molecule has 1 heterocycles. The van der Waals surface area contributed by atoms with Crippen molar-refractivity contribution < 1.29 is 9.90 Å². The second-order valence-corrected chi connectivity index (χ2v) is 5.46. The van der Waals surface area contributed by atoms with E-state index >= 15 is 0 Å². The molecule has 2 aromatic carbocycles. The molecule has 3 aromatic rings. The second kappa shape index (κ2) is 6.54. The number of carbonyl (C=O) groups is 1. The van der Waals surface area contributed by atoms with Crippen molar-refractivity contribution >= 4 is 17.0 Å². The molecule has 0 fully saturated rings. The number of amides is 1. The van der Waals surface area contributed by atoms with Gasteiger partial charge in [-0.15, -0.1) is 0 Å². The summed E-state index contributed by atoms with van der Waals surface area (Å²) < 4.78 is 1.55. The van der Waals surface area contributed by atoms with Crippen LogP contribution in [-0.2, 0) is 6.42 Å². The van der Waals surface area contributed by atoms with Crippen LogP contribution in [0.2, 0.25) is 0 Å². The molecule has 24 heavy (non-hydrogen) atoms. The van der Waals surface area contributed by atoms with Crippen LogP contribution in [0.1, 0.15) is 11.4 Å². The Morgan fingerprint density at radius 1 is 1.17 bits per heavy atom. The van der Waals surface area contributed by atoms with E-state index < -0.39 is 6.09 Å². The molecule has 0 spiro atoms. The lowest BCUT2D eigenvalue weighted by Crippen LogP contribution is -2.29. The predicted octanol–water partition coefficient (Wildman–Crippen LogP) is 2.50. The molecule has 0 aliphatic heterocycles. The van der Waals surface area contributed by atoms with E-state index in [0.29, 0.717) is 28.8 Å². The summed E-state index contributed by atoms with van der Waals surface area (Å²) in [5.41, 5.74) is 2.06. The summed E-state index contributed by atoms with van der Waals surface area (Å²) in [7, 11) is 0. The third-order valence-electron chi connectivity index (χ3n) is 3.81. The Kier molecular flexibility index (Phi) is 4.29. The lowest BCUT2D eigenvalue weighted by Gasteiger charge is -2.14. The smallest absolute Gasteiger partial charge is 0.404 e. The molecule has 0 unspecified atom stereocenters. The molecule has 6 nitrogen and oxygen atoms in total. The van der Waals surface area contributed by atoms with Gasteiger partial charge in [-0.2, -0.15) is 0 Å². The van der Waals surface area contributed by atoms with Crippen LogP contribution in [0.5, 0.6) is 0 Å². The van der Waals surface area contributed by atoms with Gasteiger partial charge in [-0.1, -0.05) is 30.3 Å². The normalized spacial score (nSPS) is 10.7. The highest BCUT2D eigenvalue weighted by molar-refractivity contribution is 5.81. The number of carboxylic acid groups (broad SMARTS) is 1. The van der Waals surface area contributed by atoms with Crippen LogP contribution in [0.4, 0.5) is 4.79 Å². The van der Waals surface area contributed by atoms with Gasteiger partial charge in [0.1, 0.15) is 5.82 Å². The Hall–Kier alpha value is -3.15. The number of rotatable bonds is 4. The van der Waals surface area contributed by atoms with Gasteiger partial charge in [0.05, 0.1) is 16.6 Å². The number of nitrogens with one attached hydrogen (secondary N) is 1. The van der Waals surface area contributed by atoms with Gasteiger partial charge in [0.2, 0.25) is 0 Å². The van der Waals surface area contributed by atoms with Gasteiger partial charge in [0.15, 0.2) is 0 Å². The second-order valence-electron chi connectivity index (χ2n) is 5.46. The predicted molar refractivity (Wildman–Crippen MR) is 91.8 cm³/mol. The van der Waals surface area contributed by atoms with Crippen molar-refractivity contribution in [3.05, 3.63) is 70.3 Å². The van der Waals surface area contributed by atoms with Crippen LogP contribution in [0.25, 0.3) is 16.6 Å². The minimum Gasteiger partial charge on any atom is -0.465 e. The van der Waals surface area contributed by atoms with Crippen molar-refractivity contribution in [3.8, 4) is 5.69 Å². The average Bonchev–Trinajstić information content (AvgIpc) is 2.55. The maximum Gasteiger partial charge on any atom is 0.404 e. The standard InChI is InChI=1S/C18H17N3O3/c1-12-6-5-9-14-16(12)17(22)21(13-7-3-2-4-8-13)15(20-14)10-11-19-18(23)24/h2-9,19H,10-11H2,1H3,(H,23,24). The van der Waals surface area contributed by atoms with Gasteiger partial charge in [-0.25, -0.2) is 9.78 Å². The van der Waals surface area contributed by atoms with Crippen molar-refractivity contribution in [2.45, 2.75) is 13.3 Å². The molecule has 0 aliphatic carbocycles. The molecule has 122 valence electrons. The molecular formula is C18H17N3O3. The average molecular weight is 323 g/mol. The van der Waals surface area contributed by atoms with Gasteiger partial charge in [-0.05, 0) is 30.7 Å². The Morgan fingerprint density at radius 3 is 2.62 bits per heavy atom. The van der Waals surface area contributed by atoms with Gasteiger partial charge in [-0.3, -0.25) is 9.36 Å².